The molecule has 3 heteroatoms. The fourth-order valence-electron chi connectivity index (χ4n) is 3.05. The highest BCUT2D eigenvalue weighted by Gasteiger charge is 2.37. The number of rotatable bonds is 3. The van der Waals surface area contributed by atoms with Crippen LogP contribution in [0.25, 0.3) is 0 Å². The van der Waals surface area contributed by atoms with Crippen molar-refractivity contribution in [3.63, 3.8) is 0 Å². The highest BCUT2D eigenvalue weighted by atomic mass is 32.2. The summed E-state index contributed by atoms with van der Waals surface area (Å²) in [6.07, 6.45) is 0.963. The van der Waals surface area contributed by atoms with Crippen molar-refractivity contribution in [2.45, 2.75) is 43.9 Å². The molecule has 116 valence electrons. The van der Waals surface area contributed by atoms with Crippen LogP contribution >= 0.6 is 0 Å². The Morgan fingerprint density at radius 1 is 0.955 bits per heavy atom. The number of fused-ring (bicyclic) bond motifs is 1. The van der Waals surface area contributed by atoms with E-state index in [0.717, 1.165) is 6.42 Å². The second-order valence-electron chi connectivity index (χ2n) is 6.88. The van der Waals surface area contributed by atoms with Gasteiger partial charge in [0.15, 0.2) is 0 Å². The molecule has 1 unspecified atom stereocenters. The second-order valence-corrected chi connectivity index (χ2v) is 8.88. The van der Waals surface area contributed by atoms with Gasteiger partial charge in [0.05, 0.1) is 6.04 Å². The quantitative estimate of drug-likeness (QED) is 0.857. The molecular weight excluding hydrogens is 290 g/mol. The average Bonchev–Trinajstić information content (AvgIpc) is 2.86. The summed E-state index contributed by atoms with van der Waals surface area (Å²) in [7, 11) is 0. The molecule has 1 aliphatic carbocycles. The van der Waals surface area contributed by atoms with E-state index >= 15 is 0 Å². The van der Waals surface area contributed by atoms with Crippen molar-refractivity contribution < 1.29 is 4.55 Å². The van der Waals surface area contributed by atoms with Crippen molar-refractivity contribution in [3.8, 4) is 0 Å². The first-order valence-corrected chi connectivity index (χ1v) is 8.93. The second kappa shape index (κ2) is 6.07. The Hall–Kier alpha value is -1.29. The number of hydrogen-bond donors (Lipinski definition) is 1. The van der Waals surface area contributed by atoms with E-state index < -0.39 is 11.4 Å². The maximum Gasteiger partial charge on any atom is 0.136 e. The molecule has 0 aromatic heterocycles. The Morgan fingerprint density at radius 3 is 2.18 bits per heavy atom. The minimum atomic E-state index is -1.06. The zero-order valence-corrected chi connectivity index (χ0v) is 14.2. The van der Waals surface area contributed by atoms with E-state index in [2.05, 4.69) is 59.3 Å². The van der Waals surface area contributed by atoms with Crippen molar-refractivity contribution in [1.29, 1.82) is 0 Å². The molecule has 3 rings (SSSR count). The minimum absolute atomic E-state index is 0.154. The predicted octanol–water partition coefficient (Wildman–Crippen LogP) is 4.32. The van der Waals surface area contributed by atoms with Gasteiger partial charge >= 0.3 is 0 Å². The van der Waals surface area contributed by atoms with Gasteiger partial charge in [-0.2, -0.15) is 0 Å². The first-order valence-electron chi connectivity index (χ1n) is 7.78. The molecule has 22 heavy (non-hydrogen) atoms. The Balaban J connectivity index is 1.89. The number of benzene rings is 2. The molecule has 0 amide bonds. The smallest absolute Gasteiger partial charge is 0.136 e. The van der Waals surface area contributed by atoms with Crippen molar-refractivity contribution in [3.05, 3.63) is 71.3 Å². The van der Waals surface area contributed by atoms with Gasteiger partial charge in [-0.05, 0) is 43.9 Å². The molecule has 0 bridgehead atoms. The first-order chi connectivity index (χ1) is 10.5. The van der Waals surface area contributed by atoms with Crippen molar-refractivity contribution >= 4 is 11.4 Å². The van der Waals surface area contributed by atoms with Gasteiger partial charge < -0.3 is 4.55 Å². The molecule has 1 aliphatic rings. The summed E-state index contributed by atoms with van der Waals surface area (Å²) in [5.41, 5.74) is 3.98. The molecular formula is C19H23NOS. The van der Waals surface area contributed by atoms with Crippen LogP contribution in [0.5, 0.6) is 0 Å². The molecule has 3 atom stereocenters. The molecule has 0 saturated heterocycles. The molecule has 0 aliphatic heterocycles. The summed E-state index contributed by atoms with van der Waals surface area (Å²) >= 11 is -1.06. The number of nitrogens with one attached hydrogen (secondary N) is 1. The van der Waals surface area contributed by atoms with Crippen LogP contribution < -0.4 is 4.72 Å². The third-order valence-electron chi connectivity index (χ3n) is 4.23. The van der Waals surface area contributed by atoms with E-state index in [0.29, 0.717) is 5.92 Å². The maximum atomic E-state index is 12.5. The molecule has 2 aromatic rings. The van der Waals surface area contributed by atoms with E-state index in [9.17, 15) is 4.55 Å². The van der Waals surface area contributed by atoms with Gasteiger partial charge in [-0.25, -0.2) is 0 Å². The van der Waals surface area contributed by atoms with Gasteiger partial charge in [-0.15, -0.1) is 4.72 Å². The maximum absolute atomic E-state index is 12.5. The van der Waals surface area contributed by atoms with E-state index in [1.165, 1.54) is 16.7 Å². The SMILES string of the molecule is CC(C)(C)[S+]([O-])N[C@H]1C[C@@H](c2ccccc2)c2ccccc21. The van der Waals surface area contributed by atoms with Gasteiger partial charge in [0.25, 0.3) is 0 Å². The third-order valence-corrected chi connectivity index (χ3v) is 5.84. The Labute approximate surface area is 136 Å². The van der Waals surface area contributed by atoms with Crippen LogP contribution in [-0.2, 0) is 11.4 Å². The van der Waals surface area contributed by atoms with Crippen molar-refractivity contribution in [2.75, 3.05) is 0 Å². The summed E-state index contributed by atoms with van der Waals surface area (Å²) < 4.78 is 15.6. The Bertz CT molecular complexity index is 635. The largest absolute Gasteiger partial charge is 0.598 e. The highest BCUT2D eigenvalue weighted by Crippen LogP contribution is 2.44. The lowest BCUT2D eigenvalue weighted by Crippen LogP contribution is -2.40. The highest BCUT2D eigenvalue weighted by molar-refractivity contribution is 7.90. The first kappa shape index (κ1) is 15.6. The van der Waals surface area contributed by atoms with E-state index in [1.54, 1.807) is 0 Å². The van der Waals surface area contributed by atoms with Gasteiger partial charge in [-0.1, -0.05) is 54.6 Å². The molecule has 1 N–H and O–H groups in total. The van der Waals surface area contributed by atoms with Crippen LogP contribution in [-0.4, -0.2) is 9.30 Å². The zero-order valence-electron chi connectivity index (χ0n) is 13.4. The van der Waals surface area contributed by atoms with Crippen molar-refractivity contribution in [2.24, 2.45) is 0 Å². The Kier molecular flexibility index (Phi) is 4.31. The van der Waals surface area contributed by atoms with Crippen LogP contribution in [0, 0.1) is 0 Å². The van der Waals surface area contributed by atoms with Crippen LogP contribution in [0.3, 0.4) is 0 Å². The summed E-state index contributed by atoms with van der Waals surface area (Å²) in [5, 5.41) is 0. The molecule has 0 radical (unpaired) electrons. The zero-order chi connectivity index (χ0) is 15.7. The standard InChI is InChI=1S/C19H23NOS/c1-19(2,3)22(21)20-18-13-17(14-9-5-4-6-10-14)15-11-7-8-12-16(15)18/h4-12,17-18,20H,13H2,1-3H3/t17-,18-,22?/m0/s1. The van der Waals surface area contributed by atoms with Gasteiger partial charge in [0.2, 0.25) is 0 Å². The van der Waals surface area contributed by atoms with Crippen LogP contribution in [0.4, 0.5) is 0 Å². The van der Waals surface area contributed by atoms with Gasteiger partial charge in [-0.3, -0.25) is 0 Å². The van der Waals surface area contributed by atoms with Crippen LogP contribution in [0.1, 0.15) is 55.8 Å². The topological polar surface area (TPSA) is 35.1 Å². The minimum Gasteiger partial charge on any atom is -0.598 e. The van der Waals surface area contributed by atoms with Gasteiger partial charge in [0, 0.05) is 17.3 Å². The lowest BCUT2D eigenvalue weighted by molar-refractivity contribution is 0.517. The lowest BCUT2D eigenvalue weighted by Gasteiger charge is -2.26. The van der Waals surface area contributed by atoms with Gasteiger partial charge in [0.1, 0.15) is 4.75 Å². The summed E-state index contributed by atoms with van der Waals surface area (Å²) in [6, 6.07) is 19.3. The molecule has 2 nitrogen and oxygen atoms in total. The van der Waals surface area contributed by atoms with E-state index in [4.69, 9.17) is 0 Å². The van der Waals surface area contributed by atoms with E-state index in [-0.39, 0.29) is 10.8 Å². The van der Waals surface area contributed by atoms with E-state index in [1.807, 2.05) is 20.8 Å². The normalized spacial score (nSPS) is 22.4. The van der Waals surface area contributed by atoms with Crippen molar-refractivity contribution in [1.82, 2.24) is 4.72 Å². The number of hydrogen-bond acceptors (Lipinski definition) is 2. The monoisotopic (exact) mass is 313 g/mol. The molecule has 0 fully saturated rings. The fraction of sp³-hybridized carbons (Fsp3) is 0.368. The molecule has 2 aromatic carbocycles. The molecule has 0 spiro atoms. The summed E-state index contributed by atoms with van der Waals surface area (Å²) in [4.78, 5) is 0. The fourth-order valence-corrected chi connectivity index (χ4v) is 3.89. The Morgan fingerprint density at radius 2 is 1.55 bits per heavy atom. The lowest BCUT2D eigenvalue weighted by atomic mass is 9.93. The summed E-state index contributed by atoms with van der Waals surface area (Å²) in [5.74, 6) is 0.381. The predicted molar refractivity (Wildman–Crippen MR) is 93.1 cm³/mol. The van der Waals surface area contributed by atoms with Crippen LogP contribution in [0.15, 0.2) is 54.6 Å². The molecule has 0 heterocycles. The average molecular weight is 313 g/mol. The van der Waals surface area contributed by atoms with Crippen LogP contribution in [0.2, 0.25) is 0 Å². The third kappa shape index (κ3) is 3.07. The molecule has 0 saturated carbocycles. The summed E-state index contributed by atoms with van der Waals surface area (Å²) in [6.45, 7) is 6.02.